The SMILES string of the molecule is C=C(C)C(=O)O.C=CCl. The van der Waals surface area contributed by atoms with Gasteiger partial charge in [-0.25, -0.2) is 4.79 Å². The third kappa shape index (κ3) is 18.9. The Hall–Kier alpha value is -0.760. The molecule has 0 amide bonds. The molecule has 0 aromatic rings. The Morgan fingerprint density at radius 2 is 1.89 bits per heavy atom. The van der Waals surface area contributed by atoms with E-state index in [0.29, 0.717) is 0 Å². The van der Waals surface area contributed by atoms with Gasteiger partial charge in [0, 0.05) is 5.57 Å². The van der Waals surface area contributed by atoms with E-state index in [0.717, 1.165) is 0 Å². The van der Waals surface area contributed by atoms with E-state index in [2.05, 4.69) is 13.2 Å². The van der Waals surface area contributed by atoms with Crippen molar-refractivity contribution in [2.75, 3.05) is 0 Å². The molecule has 2 nitrogen and oxygen atoms in total. The minimum Gasteiger partial charge on any atom is -0.478 e. The minimum absolute atomic E-state index is 0.176. The highest BCUT2D eigenvalue weighted by molar-refractivity contribution is 6.25. The van der Waals surface area contributed by atoms with Crippen molar-refractivity contribution in [2.45, 2.75) is 6.92 Å². The second kappa shape index (κ2) is 7.24. The van der Waals surface area contributed by atoms with Crippen LogP contribution >= 0.6 is 11.6 Å². The fraction of sp³-hybridized carbons (Fsp3) is 0.167. The summed E-state index contributed by atoms with van der Waals surface area (Å²) < 4.78 is 0. The molecule has 0 aliphatic heterocycles. The van der Waals surface area contributed by atoms with Gasteiger partial charge < -0.3 is 5.11 Å². The normalized spacial score (nSPS) is 6.44. The molecule has 52 valence electrons. The summed E-state index contributed by atoms with van der Waals surface area (Å²) in [6.45, 7) is 7.73. The zero-order valence-electron chi connectivity index (χ0n) is 5.22. The maximum atomic E-state index is 9.60. The van der Waals surface area contributed by atoms with Crippen LogP contribution in [0, 0.1) is 0 Å². The largest absolute Gasteiger partial charge is 0.478 e. The number of carboxylic acids is 1. The summed E-state index contributed by atoms with van der Waals surface area (Å²) >= 11 is 4.76. The summed E-state index contributed by atoms with van der Waals surface area (Å²) in [5.74, 6) is -0.935. The van der Waals surface area contributed by atoms with E-state index in [4.69, 9.17) is 16.7 Å². The number of aliphatic carboxylic acids is 1. The number of carbonyl (C=O) groups is 1. The zero-order valence-corrected chi connectivity index (χ0v) is 5.98. The average Bonchev–Trinajstić information content (AvgIpc) is 1.68. The third-order valence-electron chi connectivity index (χ3n) is 0.365. The Kier molecular flexibility index (Phi) is 8.92. The van der Waals surface area contributed by atoms with Crippen LogP contribution in [-0.4, -0.2) is 11.1 Å². The molecule has 0 saturated heterocycles. The van der Waals surface area contributed by atoms with Gasteiger partial charge in [0.2, 0.25) is 0 Å². The van der Waals surface area contributed by atoms with Crippen molar-refractivity contribution in [1.29, 1.82) is 0 Å². The highest BCUT2D eigenvalue weighted by Crippen LogP contribution is 1.81. The molecule has 0 unspecified atom stereocenters. The van der Waals surface area contributed by atoms with Crippen LogP contribution in [0.4, 0.5) is 0 Å². The van der Waals surface area contributed by atoms with Gasteiger partial charge in [0.1, 0.15) is 0 Å². The van der Waals surface area contributed by atoms with Crippen molar-refractivity contribution in [1.82, 2.24) is 0 Å². The van der Waals surface area contributed by atoms with Crippen molar-refractivity contribution >= 4 is 17.6 Å². The molecule has 0 atom stereocenters. The van der Waals surface area contributed by atoms with E-state index >= 15 is 0 Å². The molecule has 0 aromatic carbocycles. The number of hydrogen-bond acceptors (Lipinski definition) is 1. The first-order valence-corrected chi connectivity index (χ1v) is 2.59. The summed E-state index contributed by atoms with van der Waals surface area (Å²) in [7, 11) is 0. The van der Waals surface area contributed by atoms with E-state index in [1.807, 2.05) is 0 Å². The minimum atomic E-state index is -0.935. The molecule has 0 fully saturated rings. The fourth-order valence-corrected chi connectivity index (χ4v) is 0. The summed E-state index contributed by atoms with van der Waals surface area (Å²) in [5.41, 5.74) is 1.40. The smallest absolute Gasteiger partial charge is 0.330 e. The van der Waals surface area contributed by atoms with E-state index in [1.54, 1.807) is 0 Å². The Bertz CT molecular complexity index is 106. The average molecular weight is 149 g/mol. The molecule has 3 heteroatoms. The van der Waals surface area contributed by atoms with E-state index in [-0.39, 0.29) is 5.57 Å². The maximum Gasteiger partial charge on any atom is 0.330 e. The molecule has 0 radical (unpaired) electrons. The fourth-order valence-electron chi connectivity index (χ4n) is 0. The van der Waals surface area contributed by atoms with Gasteiger partial charge >= 0.3 is 5.97 Å². The molecule has 0 aliphatic rings. The van der Waals surface area contributed by atoms with Gasteiger partial charge in [-0.15, -0.1) is 0 Å². The van der Waals surface area contributed by atoms with Gasteiger partial charge in [0.15, 0.2) is 0 Å². The van der Waals surface area contributed by atoms with Gasteiger partial charge in [-0.05, 0) is 12.5 Å². The predicted molar refractivity (Wildman–Crippen MR) is 38.5 cm³/mol. The second-order valence-electron chi connectivity index (χ2n) is 1.24. The molecule has 0 aliphatic carbocycles. The lowest BCUT2D eigenvalue weighted by Crippen LogP contribution is -1.92. The predicted octanol–water partition coefficient (Wildman–Crippen LogP) is 2.02. The van der Waals surface area contributed by atoms with Gasteiger partial charge in [0.05, 0.1) is 0 Å². The molecule has 0 bridgehead atoms. The van der Waals surface area contributed by atoms with Crippen molar-refractivity contribution in [3.05, 3.63) is 24.3 Å². The van der Waals surface area contributed by atoms with Crippen LogP contribution in [0.1, 0.15) is 6.92 Å². The van der Waals surface area contributed by atoms with Crippen LogP contribution in [0.25, 0.3) is 0 Å². The Morgan fingerprint density at radius 1 is 1.78 bits per heavy atom. The highest BCUT2D eigenvalue weighted by Gasteiger charge is 1.90. The van der Waals surface area contributed by atoms with Gasteiger partial charge in [-0.2, -0.15) is 0 Å². The summed E-state index contributed by atoms with van der Waals surface area (Å²) in [4.78, 5) is 9.60. The zero-order chi connectivity index (χ0) is 7.86. The van der Waals surface area contributed by atoms with E-state index < -0.39 is 5.97 Å². The van der Waals surface area contributed by atoms with Gasteiger partial charge in [-0.1, -0.05) is 24.8 Å². The summed E-state index contributed by atoms with van der Waals surface area (Å²) in [5, 5.41) is 7.89. The first kappa shape index (κ1) is 11.1. The summed E-state index contributed by atoms with van der Waals surface area (Å²) in [6.07, 6.45) is 0. The van der Waals surface area contributed by atoms with Crippen LogP contribution in [0.5, 0.6) is 0 Å². The third-order valence-corrected chi connectivity index (χ3v) is 0.365. The Morgan fingerprint density at radius 3 is 1.89 bits per heavy atom. The van der Waals surface area contributed by atoms with Crippen LogP contribution in [0.3, 0.4) is 0 Å². The van der Waals surface area contributed by atoms with Gasteiger partial charge in [0.25, 0.3) is 0 Å². The Labute approximate surface area is 59.4 Å². The molecule has 0 spiro atoms. The van der Waals surface area contributed by atoms with Crippen molar-refractivity contribution in [3.63, 3.8) is 0 Å². The number of halogens is 1. The Balaban J connectivity index is 0. The number of rotatable bonds is 1. The second-order valence-corrected chi connectivity index (χ2v) is 1.55. The quantitative estimate of drug-likeness (QED) is 0.578. The summed E-state index contributed by atoms with van der Waals surface area (Å²) in [6, 6.07) is 0. The van der Waals surface area contributed by atoms with Crippen LogP contribution in [-0.2, 0) is 4.79 Å². The van der Waals surface area contributed by atoms with Crippen molar-refractivity contribution in [3.8, 4) is 0 Å². The molecule has 0 saturated carbocycles. The highest BCUT2D eigenvalue weighted by atomic mass is 35.5. The maximum absolute atomic E-state index is 9.60. The first-order chi connectivity index (χ1) is 4.06. The molecule has 0 heterocycles. The lowest BCUT2D eigenvalue weighted by Gasteiger charge is -1.79. The topological polar surface area (TPSA) is 37.3 Å². The van der Waals surface area contributed by atoms with E-state index in [1.165, 1.54) is 12.5 Å². The number of hydrogen-bond donors (Lipinski definition) is 1. The molecule has 1 N–H and O–H groups in total. The first-order valence-electron chi connectivity index (χ1n) is 2.16. The molecular formula is C6H9ClO2. The molecule has 0 rings (SSSR count). The molecular weight excluding hydrogens is 140 g/mol. The van der Waals surface area contributed by atoms with Crippen LogP contribution in [0.2, 0.25) is 0 Å². The van der Waals surface area contributed by atoms with Gasteiger partial charge in [-0.3, -0.25) is 0 Å². The molecule has 9 heavy (non-hydrogen) atoms. The van der Waals surface area contributed by atoms with Crippen molar-refractivity contribution in [2.24, 2.45) is 0 Å². The van der Waals surface area contributed by atoms with Crippen LogP contribution < -0.4 is 0 Å². The monoisotopic (exact) mass is 148 g/mol. The lowest BCUT2D eigenvalue weighted by molar-refractivity contribution is -0.132. The lowest BCUT2D eigenvalue weighted by atomic mass is 10.4. The molecule has 0 aromatic heterocycles. The van der Waals surface area contributed by atoms with Crippen molar-refractivity contribution < 1.29 is 9.90 Å². The van der Waals surface area contributed by atoms with E-state index in [9.17, 15) is 4.79 Å². The standard InChI is InChI=1S/C4H6O2.C2H3Cl/c1-3(2)4(5)6;1-2-3/h1H2,2H3,(H,5,6);2H,1H2. The number of carboxylic acid groups (broad SMARTS) is 1. The van der Waals surface area contributed by atoms with Crippen LogP contribution in [0.15, 0.2) is 24.3 Å².